The monoisotopic (exact) mass is 382 g/mol. The third-order valence-corrected chi connectivity index (χ3v) is 4.26. The highest BCUT2D eigenvalue weighted by molar-refractivity contribution is 6.00. The molecule has 2 N–H and O–H groups in total. The molecule has 0 spiro atoms. The number of carboxylic acids is 1. The molecule has 0 unspecified atom stereocenters. The summed E-state index contributed by atoms with van der Waals surface area (Å²) in [5.41, 5.74) is -0.239. The van der Waals surface area contributed by atoms with Crippen molar-refractivity contribution in [2.24, 2.45) is 0 Å². The second-order valence-electron chi connectivity index (χ2n) is 6.17. The average Bonchev–Trinajstić information content (AvgIpc) is 2.68. The molecule has 7 nitrogen and oxygen atoms in total. The Morgan fingerprint density at radius 2 is 1.79 bits per heavy atom. The number of nitrogens with zero attached hydrogens (tertiary/aromatic N) is 1. The van der Waals surface area contributed by atoms with E-state index in [2.05, 4.69) is 5.32 Å². The van der Waals surface area contributed by atoms with Crippen LogP contribution in [0.3, 0.4) is 0 Å². The second-order valence-corrected chi connectivity index (χ2v) is 6.17. The van der Waals surface area contributed by atoms with E-state index in [-0.39, 0.29) is 17.5 Å². The molecule has 0 aliphatic carbocycles. The molecule has 0 bridgehead atoms. The van der Waals surface area contributed by atoms with E-state index in [0.717, 1.165) is 22.9 Å². The number of carbonyl (C=O) groups is 2. The SMILES string of the molecule is O=C(N[C@@H](Cc1ccc(F)c([N+](=O)[O-])c1)C(=O)O)c1ccc2ccccc2c1. The molecule has 0 radical (unpaired) electrons. The number of benzene rings is 3. The van der Waals surface area contributed by atoms with Crippen LogP contribution >= 0.6 is 0 Å². The Labute approximate surface area is 158 Å². The Hall–Kier alpha value is -3.81. The van der Waals surface area contributed by atoms with Gasteiger partial charge in [0.25, 0.3) is 5.91 Å². The van der Waals surface area contributed by atoms with Crippen molar-refractivity contribution in [3.05, 3.63) is 87.7 Å². The van der Waals surface area contributed by atoms with E-state index in [0.29, 0.717) is 0 Å². The Balaban J connectivity index is 1.80. The molecule has 0 fully saturated rings. The number of amides is 1. The van der Waals surface area contributed by atoms with E-state index >= 15 is 0 Å². The molecule has 3 aromatic rings. The molecule has 1 atom stereocenters. The summed E-state index contributed by atoms with van der Waals surface area (Å²) in [5.74, 6) is -2.91. The number of carboxylic acid groups (broad SMARTS) is 1. The first-order valence-electron chi connectivity index (χ1n) is 8.30. The van der Waals surface area contributed by atoms with Gasteiger partial charge in [0.05, 0.1) is 4.92 Å². The largest absolute Gasteiger partial charge is 0.480 e. The summed E-state index contributed by atoms with van der Waals surface area (Å²) in [6.45, 7) is 0. The maximum absolute atomic E-state index is 13.4. The highest BCUT2D eigenvalue weighted by Crippen LogP contribution is 2.20. The minimum Gasteiger partial charge on any atom is -0.480 e. The standard InChI is InChI=1S/C20H15FN2O5/c21-16-8-5-12(10-18(16)23(27)28)9-17(20(25)26)22-19(24)15-7-6-13-3-1-2-4-14(13)11-15/h1-8,10-11,17H,9H2,(H,22,24)(H,25,26)/t17-/m0/s1. The lowest BCUT2D eigenvalue weighted by molar-refractivity contribution is -0.387. The van der Waals surface area contributed by atoms with Crippen LogP contribution in [0.1, 0.15) is 15.9 Å². The summed E-state index contributed by atoms with van der Waals surface area (Å²) in [7, 11) is 0. The van der Waals surface area contributed by atoms with E-state index in [1.165, 1.54) is 6.07 Å². The molecule has 0 saturated carbocycles. The number of nitro groups is 1. The van der Waals surface area contributed by atoms with Crippen molar-refractivity contribution < 1.29 is 24.0 Å². The molecule has 0 aliphatic heterocycles. The normalized spacial score (nSPS) is 11.8. The van der Waals surface area contributed by atoms with Crippen LogP contribution in [0.4, 0.5) is 10.1 Å². The van der Waals surface area contributed by atoms with Crippen molar-refractivity contribution in [2.45, 2.75) is 12.5 Å². The van der Waals surface area contributed by atoms with Crippen molar-refractivity contribution in [1.82, 2.24) is 5.32 Å². The fourth-order valence-corrected chi connectivity index (χ4v) is 2.83. The van der Waals surface area contributed by atoms with Gasteiger partial charge in [-0.15, -0.1) is 0 Å². The number of hydrogen-bond acceptors (Lipinski definition) is 4. The van der Waals surface area contributed by atoms with E-state index in [1.807, 2.05) is 24.3 Å². The van der Waals surface area contributed by atoms with E-state index in [9.17, 15) is 29.2 Å². The van der Waals surface area contributed by atoms with Crippen LogP contribution in [-0.2, 0) is 11.2 Å². The lowest BCUT2D eigenvalue weighted by Crippen LogP contribution is -2.42. The quantitative estimate of drug-likeness (QED) is 0.502. The molecule has 28 heavy (non-hydrogen) atoms. The number of hydrogen-bond donors (Lipinski definition) is 2. The van der Waals surface area contributed by atoms with Crippen molar-refractivity contribution in [1.29, 1.82) is 0 Å². The summed E-state index contributed by atoms with van der Waals surface area (Å²) in [6, 6.07) is 14.2. The van der Waals surface area contributed by atoms with Gasteiger partial charge in [-0.3, -0.25) is 14.9 Å². The Morgan fingerprint density at radius 3 is 2.46 bits per heavy atom. The molecule has 1 amide bonds. The van der Waals surface area contributed by atoms with Crippen LogP contribution in [0, 0.1) is 15.9 Å². The predicted octanol–water partition coefficient (Wildman–Crippen LogP) is 3.31. The maximum atomic E-state index is 13.4. The van der Waals surface area contributed by atoms with Gasteiger partial charge < -0.3 is 10.4 Å². The fourth-order valence-electron chi connectivity index (χ4n) is 2.83. The number of rotatable bonds is 6. The third-order valence-electron chi connectivity index (χ3n) is 4.26. The van der Waals surface area contributed by atoms with Crippen LogP contribution < -0.4 is 5.32 Å². The molecule has 142 valence electrons. The zero-order chi connectivity index (χ0) is 20.3. The molecule has 0 heterocycles. The number of nitrogens with one attached hydrogen (secondary N) is 1. The van der Waals surface area contributed by atoms with E-state index < -0.39 is 34.3 Å². The molecule has 3 rings (SSSR count). The van der Waals surface area contributed by atoms with Crippen molar-refractivity contribution in [3.8, 4) is 0 Å². The highest BCUT2D eigenvalue weighted by atomic mass is 19.1. The van der Waals surface area contributed by atoms with E-state index in [4.69, 9.17) is 0 Å². The summed E-state index contributed by atoms with van der Waals surface area (Å²) in [4.78, 5) is 34.0. The summed E-state index contributed by atoms with van der Waals surface area (Å²) < 4.78 is 13.4. The van der Waals surface area contributed by atoms with Gasteiger partial charge in [-0.2, -0.15) is 4.39 Å². The van der Waals surface area contributed by atoms with E-state index in [1.54, 1.807) is 18.2 Å². The third kappa shape index (κ3) is 4.12. The summed E-state index contributed by atoms with van der Waals surface area (Å²) in [6.07, 6.45) is -0.226. The zero-order valence-electron chi connectivity index (χ0n) is 14.5. The Bertz CT molecular complexity index is 1080. The summed E-state index contributed by atoms with van der Waals surface area (Å²) >= 11 is 0. The van der Waals surface area contributed by atoms with Gasteiger partial charge in [0.15, 0.2) is 0 Å². The van der Waals surface area contributed by atoms with Gasteiger partial charge in [-0.1, -0.05) is 36.4 Å². The van der Waals surface area contributed by atoms with Crippen molar-refractivity contribution in [3.63, 3.8) is 0 Å². The van der Waals surface area contributed by atoms with Crippen LogP contribution in [-0.4, -0.2) is 27.9 Å². The Kier molecular flexibility index (Phi) is 5.30. The maximum Gasteiger partial charge on any atom is 0.326 e. The van der Waals surface area contributed by atoms with Crippen LogP contribution in [0.2, 0.25) is 0 Å². The van der Waals surface area contributed by atoms with Gasteiger partial charge in [0.1, 0.15) is 6.04 Å². The van der Waals surface area contributed by atoms with Crippen molar-refractivity contribution in [2.75, 3.05) is 0 Å². The van der Waals surface area contributed by atoms with Gasteiger partial charge >= 0.3 is 11.7 Å². The minimum absolute atomic E-state index is 0.222. The predicted molar refractivity (Wildman–Crippen MR) is 99.6 cm³/mol. The molecule has 0 aromatic heterocycles. The first-order valence-corrected chi connectivity index (χ1v) is 8.30. The Morgan fingerprint density at radius 1 is 1.07 bits per heavy atom. The molecule has 3 aromatic carbocycles. The highest BCUT2D eigenvalue weighted by Gasteiger charge is 2.23. The van der Waals surface area contributed by atoms with Crippen LogP contribution in [0.15, 0.2) is 60.7 Å². The second kappa shape index (κ2) is 7.83. The molecule has 0 aliphatic rings. The lowest BCUT2D eigenvalue weighted by atomic mass is 10.0. The number of fused-ring (bicyclic) bond motifs is 1. The number of carbonyl (C=O) groups excluding carboxylic acids is 1. The number of aliphatic carboxylic acids is 1. The van der Waals surface area contributed by atoms with Crippen LogP contribution in [0.5, 0.6) is 0 Å². The minimum atomic E-state index is -1.33. The number of halogens is 1. The number of nitro benzene ring substituents is 1. The smallest absolute Gasteiger partial charge is 0.326 e. The molecule has 8 heteroatoms. The molecule has 0 saturated heterocycles. The average molecular weight is 382 g/mol. The first-order chi connectivity index (χ1) is 13.3. The first kappa shape index (κ1) is 19.0. The fraction of sp³-hybridized carbons (Fsp3) is 0.100. The molecular formula is C20H15FN2O5. The van der Waals surface area contributed by atoms with Gasteiger partial charge in [0, 0.05) is 18.1 Å². The topological polar surface area (TPSA) is 110 Å². The summed E-state index contributed by atoms with van der Waals surface area (Å²) in [5, 5.41) is 24.4. The van der Waals surface area contributed by atoms with Crippen molar-refractivity contribution >= 4 is 28.3 Å². The lowest BCUT2D eigenvalue weighted by Gasteiger charge is -2.15. The molecular weight excluding hydrogens is 367 g/mol. The van der Waals surface area contributed by atoms with Gasteiger partial charge in [0.2, 0.25) is 5.82 Å². The van der Waals surface area contributed by atoms with Gasteiger partial charge in [-0.25, -0.2) is 4.79 Å². The van der Waals surface area contributed by atoms with Crippen LogP contribution in [0.25, 0.3) is 10.8 Å². The van der Waals surface area contributed by atoms with Gasteiger partial charge in [-0.05, 0) is 34.5 Å². The zero-order valence-corrected chi connectivity index (χ0v) is 14.5.